The molecule has 1 aromatic heterocycles. The average molecular weight is 253 g/mol. The molecule has 88 valence electrons. The van der Waals surface area contributed by atoms with Gasteiger partial charge in [-0.15, -0.1) is 0 Å². The molecule has 5 heteroatoms. The van der Waals surface area contributed by atoms with Crippen molar-refractivity contribution in [2.24, 2.45) is 0 Å². The number of aromatic nitrogens is 2. The van der Waals surface area contributed by atoms with E-state index in [0.29, 0.717) is 17.9 Å². The molecular weight excluding hydrogens is 243 g/mol. The lowest BCUT2D eigenvalue weighted by molar-refractivity contribution is 0.576. The number of halogens is 2. The Balaban J connectivity index is 2.10. The number of aryl methyl sites for hydroxylation is 2. The molecule has 2 rings (SSSR count). The van der Waals surface area contributed by atoms with Crippen LogP contribution in [-0.4, -0.2) is 9.97 Å². The van der Waals surface area contributed by atoms with Gasteiger partial charge in [0.1, 0.15) is 0 Å². The summed E-state index contributed by atoms with van der Waals surface area (Å²) in [5.41, 5.74) is 0.477. The second-order valence-corrected chi connectivity index (χ2v) is 4.06. The third kappa shape index (κ3) is 2.91. The number of hydrogen-bond donors (Lipinski definition) is 1. The Morgan fingerprint density at radius 2 is 1.94 bits per heavy atom. The van der Waals surface area contributed by atoms with Crippen molar-refractivity contribution in [3.8, 4) is 0 Å². The molecule has 0 fully saturated rings. The van der Waals surface area contributed by atoms with Crippen molar-refractivity contribution in [3.05, 3.63) is 63.0 Å². The monoisotopic (exact) mass is 252 g/mol. The van der Waals surface area contributed by atoms with E-state index in [-0.39, 0.29) is 5.69 Å². The highest BCUT2D eigenvalue weighted by Crippen LogP contribution is 2.11. The van der Waals surface area contributed by atoms with Crippen molar-refractivity contribution >= 4 is 11.6 Å². The molecule has 0 aliphatic heterocycles. The molecule has 0 saturated carbocycles. The fraction of sp³-hybridized carbons (Fsp3) is 0.167. The first kappa shape index (κ1) is 11.8. The second kappa shape index (κ2) is 5.10. The number of rotatable bonds is 3. The highest BCUT2D eigenvalue weighted by molar-refractivity contribution is 6.30. The molecule has 1 aromatic carbocycles. The van der Waals surface area contributed by atoms with Gasteiger partial charge in [-0.1, -0.05) is 23.7 Å². The topological polar surface area (TPSA) is 45.8 Å². The van der Waals surface area contributed by atoms with Crippen LogP contribution in [0.25, 0.3) is 0 Å². The molecule has 17 heavy (non-hydrogen) atoms. The molecule has 0 radical (unpaired) electrons. The number of H-pyrrole nitrogens is 1. The lowest BCUT2D eigenvalue weighted by Crippen LogP contribution is -2.15. The number of hydrogen-bond acceptors (Lipinski definition) is 2. The van der Waals surface area contributed by atoms with Gasteiger partial charge < -0.3 is 4.98 Å². The average Bonchev–Trinajstić information content (AvgIpc) is 2.33. The Morgan fingerprint density at radius 1 is 1.24 bits per heavy atom. The minimum Gasteiger partial charge on any atom is -0.311 e. The molecule has 0 aliphatic carbocycles. The number of nitrogens with one attached hydrogen (secondary N) is 1. The molecule has 0 unspecified atom stereocenters. The summed E-state index contributed by atoms with van der Waals surface area (Å²) in [6.07, 6.45) is 2.21. The standard InChI is InChI=1S/C12H10ClFN2O/c13-9-4-1-8(2-5-9)3-6-10-11(14)12(17)16-7-15-10/h1-2,4-5,7H,3,6H2,(H,15,16,17). The quantitative estimate of drug-likeness (QED) is 0.911. The van der Waals surface area contributed by atoms with Gasteiger partial charge in [0.25, 0.3) is 5.56 Å². The third-order valence-electron chi connectivity index (χ3n) is 2.43. The van der Waals surface area contributed by atoms with Gasteiger partial charge in [0.05, 0.1) is 12.0 Å². The van der Waals surface area contributed by atoms with Crippen molar-refractivity contribution in [2.75, 3.05) is 0 Å². The minimum absolute atomic E-state index is 0.184. The molecular formula is C12H10ClFN2O. The SMILES string of the molecule is O=c1[nH]cnc(CCc2ccc(Cl)cc2)c1F. The van der Waals surface area contributed by atoms with Gasteiger partial charge in [-0.2, -0.15) is 4.39 Å². The zero-order valence-corrected chi connectivity index (χ0v) is 9.67. The summed E-state index contributed by atoms with van der Waals surface area (Å²) in [6, 6.07) is 7.29. The van der Waals surface area contributed by atoms with Crippen LogP contribution in [0.15, 0.2) is 35.4 Å². The Labute approximate surface area is 102 Å². The maximum atomic E-state index is 13.3. The van der Waals surface area contributed by atoms with Gasteiger partial charge in [-0.25, -0.2) is 4.98 Å². The molecule has 1 heterocycles. The van der Waals surface area contributed by atoms with Crippen molar-refractivity contribution in [2.45, 2.75) is 12.8 Å². The molecule has 3 nitrogen and oxygen atoms in total. The molecule has 0 atom stereocenters. The Kier molecular flexibility index (Phi) is 3.54. The summed E-state index contributed by atoms with van der Waals surface area (Å²) < 4.78 is 13.3. The first-order valence-electron chi connectivity index (χ1n) is 5.13. The fourth-order valence-electron chi connectivity index (χ4n) is 1.51. The summed E-state index contributed by atoms with van der Waals surface area (Å²) in [7, 11) is 0. The van der Waals surface area contributed by atoms with Crippen LogP contribution in [0, 0.1) is 5.82 Å². The highest BCUT2D eigenvalue weighted by Gasteiger charge is 2.07. The zero-order valence-electron chi connectivity index (χ0n) is 8.91. The van der Waals surface area contributed by atoms with E-state index in [1.165, 1.54) is 6.33 Å². The van der Waals surface area contributed by atoms with Crippen LogP contribution in [-0.2, 0) is 12.8 Å². The van der Waals surface area contributed by atoms with Crippen LogP contribution >= 0.6 is 11.6 Å². The molecule has 0 spiro atoms. The van der Waals surface area contributed by atoms with Crippen LogP contribution in [0.5, 0.6) is 0 Å². The largest absolute Gasteiger partial charge is 0.311 e. The molecule has 0 saturated heterocycles. The van der Waals surface area contributed by atoms with Crippen LogP contribution in [0.2, 0.25) is 5.02 Å². The Bertz CT molecular complexity index is 565. The fourth-order valence-corrected chi connectivity index (χ4v) is 1.63. The van der Waals surface area contributed by atoms with E-state index in [1.807, 2.05) is 12.1 Å². The summed E-state index contributed by atoms with van der Waals surface area (Å²) in [4.78, 5) is 17.0. The maximum Gasteiger partial charge on any atom is 0.287 e. The highest BCUT2D eigenvalue weighted by atomic mass is 35.5. The van der Waals surface area contributed by atoms with E-state index in [1.54, 1.807) is 12.1 Å². The smallest absolute Gasteiger partial charge is 0.287 e. The third-order valence-corrected chi connectivity index (χ3v) is 2.68. The molecule has 1 N–H and O–H groups in total. The predicted molar refractivity (Wildman–Crippen MR) is 63.7 cm³/mol. The van der Waals surface area contributed by atoms with Crippen LogP contribution < -0.4 is 5.56 Å². The first-order chi connectivity index (χ1) is 8.16. The van der Waals surface area contributed by atoms with E-state index in [4.69, 9.17) is 11.6 Å². The molecule has 0 aliphatic rings. The van der Waals surface area contributed by atoms with Gasteiger partial charge in [-0.05, 0) is 30.5 Å². The van der Waals surface area contributed by atoms with Crippen molar-refractivity contribution in [3.63, 3.8) is 0 Å². The van der Waals surface area contributed by atoms with E-state index in [0.717, 1.165) is 5.56 Å². The lowest BCUT2D eigenvalue weighted by atomic mass is 10.1. The van der Waals surface area contributed by atoms with E-state index in [2.05, 4.69) is 9.97 Å². The normalized spacial score (nSPS) is 10.5. The molecule has 0 bridgehead atoms. The van der Waals surface area contributed by atoms with E-state index >= 15 is 0 Å². The first-order valence-corrected chi connectivity index (χ1v) is 5.51. The van der Waals surface area contributed by atoms with Crippen LogP contribution in [0.1, 0.15) is 11.3 Å². The Morgan fingerprint density at radius 3 is 2.65 bits per heavy atom. The van der Waals surface area contributed by atoms with Gasteiger partial charge in [0.15, 0.2) is 0 Å². The lowest BCUT2D eigenvalue weighted by Gasteiger charge is -2.02. The predicted octanol–water partition coefficient (Wildman–Crippen LogP) is 2.35. The van der Waals surface area contributed by atoms with Gasteiger partial charge in [0, 0.05) is 5.02 Å². The Hall–Kier alpha value is -1.68. The van der Waals surface area contributed by atoms with Crippen LogP contribution in [0.3, 0.4) is 0 Å². The number of aromatic amines is 1. The van der Waals surface area contributed by atoms with Gasteiger partial charge in [-0.3, -0.25) is 4.79 Å². The van der Waals surface area contributed by atoms with Gasteiger partial charge >= 0.3 is 0 Å². The maximum absolute atomic E-state index is 13.3. The minimum atomic E-state index is -0.804. The zero-order chi connectivity index (χ0) is 12.3. The van der Waals surface area contributed by atoms with Crippen LogP contribution in [0.4, 0.5) is 4.39 Å². The molecule has 2 aromatic rings. The van der Waals surface area contributed by atoms with Crippen molar-refractivity contribution in [1.82, 2.24) is 9.97 Å². The van der Waals surface area contributed by atoms with E-state index < -0.39 is 11.4 Å². The van der Waals surface area contributed by atoms with Crippen molar-refractivity contribution in [1.29, 1.82) is 0 Å². The summed E-state index contributed by atoms with van der Waals surface area (Å²) >= 11 is 5.76. The number of nitrogens with zero attached hydrogens (tertiary/aromatic N) is 1. The second-order valence-electron chi connectivity index (χ2n) is 3.62. The van der Waals surface area contributed by atoms with Crippen molar-refractivity contribution < 1.29 is 4.39 Å². The summed E-state index contributed by atoms with van der Waals surface area (Å²) in [6.45, 7) is 0. The van der Waals surface area contributed by atoms with E-state index in [9.17, 15) is 9.18 Å². The number of benzene rings is 1. The summed E-state index contributed by atoms with van der Waals surface area (Å²) in [5, 5.41) is 0.661. The molecule has 0 amide bonds. The summed E-state index contributed by atoms with van der Waals surface area (Å²) in [5.74, 6) is -0.804. The van der Waals surface area contributed by atoms with Gasteiger partial charge in [0.2, 0.25) is 5.82 Å².